The number of nitrogens with zero attached hydrogens (tertiary/aromatic N) is 1. The van der Waals surface area contributed by atoms with Crippen LogP contribution in [0.5, 0.6) is 0 Å². The Labute approximate surface area is 123 Å². The molecule has 0 radical (unpaired) electrons. The van der Waals surface area contributed by atoms with E-state index >= 15 is 0 Å². The predicted octanol–water partition coefficient (Wildman–Crippen LogP) is 3.67. The molecule has 20 heavy (non-hydrogen) atoms. The maximum absolute atomic E-state index is 13.2. The first-order chi connectivity index (χ1) is 9.19. The van der Waals surface area contributed by atoms with Gasteiger partial charge in [0.25, 0.3) is 0 Å². The molecule has 0 aliphatic carbocycles. The van der Waals surface area contributed by atoms with Gasteiger partial charge in [-0.3, -0.25) is 4.90 Å². The minimum Gasteiger partial charge on any atom is -0.312 e. The zero-order chi connectivity index (χ0) is 15.3. The second kappa shape index (κ2) is 7.19. The van der Waals surface area contributed by atoms with E-state index in [1.54, 1.807) is 12.1 Å². The van der Waals surface area contributed by atoms with Gasteiger partial charge in [0, 0.05) is 18.1 Å². The Kier molecular flexibility index (Phi) is 6.15. The van der Waals surface area contributed by atoms with Crippen LogP contribution in [0.2, 0.25) is 0 Å². The largest absolute Gasteiger partial charge is 0.312 e. The average molecular weight is 280 g/mol. The Bertz CT molecular complexity index is 412. The molecule has 3 heteroatoms. The van der Waals surface area contributed by atoms with Gasteiger partial charge in [-0.15, -0.1) is 0 Å². The van der Waals surface area contributed by atoms with Crippen molar-refractivity contribution >= 4 is 0 Å². The fourth-order valence-electron chi connectivity index (χ4n) is 2.14. The number of hydrogen-bond donors (Lipinski definition) is 1. The second-order valence-electron chi connectivity index (χ2n) is 6.89. The molecular formula is C17H29FN2. The minimum absolute atomic E-state index is 0.148. The van der Waals surface area contributed by atoms with Crippen LogP contribution >= 0.6 is 0 Å². The molecule has 0 amide bonds. The molecule has 0 saturated heterocycles. The SMILES string of the molecule is CC(CNC(C)(C)C)C(C)N(C)Cc1cccc(F)c1. The van der Waals surface area contributed by atoms with E-state index in [0.717, 1.165) is 18.7 Å². The first kappa shape index (κ1) is 17.1. The normalized spacial score (nSPS) is 15.4. The van der Waals surface area contributed by atoms with Gasteiger partial charge in [0.1, 0.15) is 5.82 Å². The zero-order valence-corrected chi connectivity index (χ0v) is 13.7. The highest BCUT2D eigenvalue weighted by atomic mass is 19.1. The van der Waals surface area contributed by atoms with Gasteiger partial charge >= 0.3 is 0 Å². The van der Waals surface area contributed by atoms with Gasteiger partial charge in [0.05, 0.1) is 0 Å². The van der Waals surface area contributed by atoms with Crippen molar-refractivity contribution < 1.29 is 4.39 Å². The first-order valence-corrected chi connectivity index (χ1v) is 7.39. The van der Waals surface area contributed by atoms with Crippen molar-refractivity contribution in [2.24, 2.45) is 5.92 Å². The van der Waals surface area contributed by atoms with Crippen LogP contribution in [0, 0.1) is 11.7 Å². The smallest absolute Gasteiger partial charge is 0.123 e. The topological polar surface area (TPSA) is 15.3 Å². The van der Waals surface area contributed by atoms with Gasteiger partial charge < -0.3 is 5.32 Å². The standard InChI is InChI=1S/C17H29FN2/c1-13(11-19-17(3,4)5)14(2)20(6)12-15-8-7-9-16(18)10-15/h7-10,13-14,19H,11-12H2,1-6H3. The van der Waals surface area contributed by atoms with E-state index < -0.39 is 0 Å². The van der Waals surface area contributed by atoms with E-state index in [1.165, 1.54) is 6.07 Å². The van der Waals surface area contributed by atoms with Crippen LogP contribution in [0.3, 0.4) is 0 Å². The molecule has 1 rings (SSSR count). The highest BCUT2D eigenvalue weighted by Gasteiger charge is 2.19. The van der Waals surface area contributed by atoms with Crippen molar-refractivity contribution in [3.8, 4) is 0 Å². The highest BCUT2D eigenvalue weighted by Crippen LogP contribution is 2.14. The molecule has 0 spiro atoms. The lowest BCUT2D eigenvalue weighted by Crippen LogP contribution is -2.44. The molecule has 0 fully saturated rings. The van der Waals surface area contributed by atoms with Crippen molar-refractivity contribution in [2.45, 2.75) is 52.7 Å². The molecule has 1 aromatic carbocycles. The summed E-state index contributed by atoms with van der Waals surface area (Å²) in [6, 6.07) is 7.29. The van der Waals surface area contributed by atoms with Crippen molar-refractivity contribution in [3.63, 3.8) is 0 Å². The third kappa shape index (κ3) is 6.02. The molecule has 0 bridgehead atoms. The summed E-state index contributed by atoms with van der Waals surface area (Å²) < 4.78 is 13.2. The molecule has 1 N–H and O–H groups in total. The van der Waals surface area contributed by atoms with E-state index in [2.05, 4.69) is 51.9 Å². The fourth-order valence-corrected chi connectivity index (χ4v) is 2.14. The number of rotatable bonds is 6. The summed E-state index contributed by atoms with van der Waals surface area (Å²) in [6.45, 7) is 12.8. The number of nitrogens with one attached hydrogen (secondary N) is 1. The summed E-state index contributed by atoms with van der Waals surface area (Å²) in [6.07, 6.45) is 0. The van der Waals surface area contributed by atoms with Crippen LogP contribution in [0.1, 0.15) is 40.2 Å². The Morgan fingerprint density at radius 1 is 1.25 bits per heavy atom. The monoisotopic (exact) mass is 280 g/mol. The zero-order valence-electron chi connectivity index (χ0n) is 13.7. The molecule has 0 heterocycles. The Hall–Kier alpha value is -0.930. The molecule has 114 valence electrons. The molecule has 0 aliphatic rings. The van der Waals surface area contributed by atoms with Crippen LogP contribution in [0.25, 0.3) is 0 Å². The van der Waals surface area contributed by atoms with Crippen molar-refractivity contribution in [1.29, 1.82) is 0 Å². The van der Waals surface area contributed by atoms with Crippen molar-refractivity contribution in [2.75, 3.05) is 13.6 Å². The fraction of sp³-hybridized carbons (Fsp3) is 0.647. The van der Waals surface area contributed by atoms with Gasteiger partial charge in [-0.05, 0) is 64.9 Å². The van der Waals surface area contributed by atoms with E-state index in [4.69, 9.17) is 0 Å². The summed E-state index contributed by atoms with van der Waals surface area (Å²) >= 11 is 0. The first-order valence-electron chi connectivity index (χ1n) is 7.39. The molecule has 1 aromatic rings. The molecule has 2 atom stereocenters. The number of benzene rings is 1. The molecule has 0 saturated carbocycles. The van der Waals surface area contributed by atoms with Gasteiger partial charge in [-0.25, -0.2) is 4.39 Å². The lowest BCUT2D eigenvalue weighted by molar-refractivity contribution is 0.182. The minimum atomic E-state index is -0.161. The van der Waals surface area contributed by atoms with Gasteiger partial charge in [-0.1, -0.05) is 19.1 Å². The number of hydrogen-bond acceptors (Lipinski definition) is 2. The summed E-state index contributed by atoms with van der Waals surface area (Å²) in [5.41, 5.74) is 1.17. The van der Waals surface area contributed by atoms with Crippen LogP contribution in [-0.4, -0.2) is 30.1 Å². The van der Waals surface area contributed by atoms with E-state index in [1.807, 2.05) is 6.07 Å². The Balaban J connectivity index is 2.51. The average Bonchev–Trinajstić information content (AvgIpc) is 2.34. The quantitative estimate of drug-likeness (QED) is 0.855. The Morgan fingerprint density at radius 3 is 2.45 bits per heavy atom. The summed E-state index contributed by atoms with van der Waals surface area (Å²) in [7, 11) is 2.10. The molecule has 2 nitrogen and oxygen atoms in total. The number of halogens is 1. The highest BCUT2D eigenvalue weighted by molar-refractivity contribution is 5.16. The Morgan fingerprint density at radius 2 is 1.90 bits per heavy atom. The van der Waals surface area contributed by atoms with Crippen LogP contribution < -0.4 is 5.32 Å². The second-order valence-corrected chi connectivity index (χ2v) is 6.89. The van der Waals surface area contributed by atoms with Gasteiger partial charge in [0.15, 0.2) is 0 Å². The van der Waals surface area contributed by atoms with Crippen LogP contribution in [-0.2, 0) is 6.54 Å². The molecule has 0 aromatic heterocycles. The predicted molar refractivity (Wildman–Crippen MR) is 84.2 cm³/mol. The van der Waals surface area contributed by atoms with E-state index in [9.17, 15) is 4.39 Å². The lowest BCUT2D eigenvalue weighted by Gasteiger charge is -2.32. The summed E-state index contributed by atoms with van der Waals surface area (Å²) in [4.78, 5) is 2.28. The van der Waals surface area contributed by atoms with Crippen molar-refractivity contribution in [1.82, 2.24) is 10.2 Å². The molecular weight excluding hydrogens is 251 g/mol. The molecule has 2 unspecified atom stereocenters. The van der Waals surface area contributed by atoms with Gasteiger partial charge in [-0.2, -0.15) is 0 Å². The third-order valence-electron chi connectivity index (χ3n) is 3.79. The van der Waals surface area contributed by atoms with E-state index in [0.29, 0.717) is 12.0 Å². The van der Waals surface area contributed by atoms with Gasteiger partial charge in [0.2, 0.25) is 0 Å². The third-order valence-corrected chi connectivity index (χ3v) is 3.79. The maximum atomic E-state index is 13.2. The van der Waals surface area contributed by atoms with E-state index in [-0.39, 0.29) is 11.4 Å². The van der Waals surface area contributed by atoms with Crippen LogP contribution in [0.15, 0.2) is 24.3 Å². The molecule has 0 aliphatic heterocycles. The van der Waals surface area contributed by atoms with Crippen LogP contribution in [0.4, 0.5) is 4.39 Å². The summed E-state index contributed by atoms with van der Waals surface area (Å²) in [5.74, 6) is 0.374. The van der Waals surface area contributed by atoms with Crippen molar-refractivity contribution in [3.05, 3.63) is 35.6 Å². The lowest BCUT2D eigenvalue weighted by atomic mass is 9.99. The summed E-state index contributed by atoms with van der Waals surface area (Å²) in [5, 5.41) is 3.54. The maximum Gasteiger partial charge on any atom is 0.123 e.